The molecule has 1 fully saturated rings. The Bertz CT molecular complexity index is 1190. The fourth-order valence-electron chi connectivity index (χ4n) is 4.07. The van der Waals surface area contributed by atoms with Gasteiger partial charge in [-0.3, -0.25) is 0 Å². The molecule has 0 unspecified atom stereocenters. The van der Waals surface area contributed by atoms with E-state index in [0.29, 0.717) is 5.95 Å². The number of rotatable bonds is 4. The first-order chi connectivity index (χ1) is 14.6. The van der Waals surface area contributed by atoms with Gasteiger partial charge in [0.2, 0.25) is 0 Å². The summed E-state index contributed by atoms with van der Waals surface area (Å²) < 4.78 is 8.13. The summed E-state index contributed by atoms with van der Waals surface area (Å²) in [7, 11) is 0. The number of aromatic nitrogens is 4. The van der Waals surface area contributed by atoms with Crippen LogP contribution in [0.4, 0.5) is 5.82 Å². The van der Waals surface area contributed by atoms with Crippen LogP contribution < -0.4 is 9.64 Å². The van der Waals surface area contributed by atoms with Crippen LogP contribution in [0.1, 0.15) is 29.5 Å². The lowest BCUT2D eigenvalue weighted by atomic mass is 10.1. The zero-order valence-corrected chi connectivity index (χ0v) is 17.6. The number of nitrogens with zero attached hydrogens (tertiary/aromatic N) is 5. The molecule has 2 aromatic carbocycles. The highest BCUT2D eigenvalue weighted by Crippen LogP contribution is 2.36. The maximum atomic E-state index is 6.41. The van der Waals surface area contributed by atoms with Gasteiger partial charge >= 0.3 is 0 Å². The van der Waals surface area contributed by atoms with Crippen LogP contribution in [-0.2, 0) is 0 Å². The van der Waals surface area contributed by atoms with Crippen LogP contribution >= 0.6 is 0 Å². The summed E-state index contributed by atoms with van der Waals surface area (Å²) in [6.07, 6.45) is 5.98. The molecular formula is C24H25N5O. The first kappa shape index (κ1) is 18.6. The standard InChI is InChI=1S/C24H25N5O/c1-16-8-6-9-17(2)22(16)30-21-15-19-20(14-18(21)3)26-24(29-13-7-10-25-29)27-23(19)28-11-4-5-12-28/h6-10,13-15H,4-5,11-12H2,1-3H3. The van der Waals surface area contributed by atoms with E-state index in [2.05, 4.69) is 61.1 Å². The summed E-state index contributed by atoms with van der Waals surface area (Å²) in [5, 5.41) is 5.34. The van der Waals surface area contributed by atoms with E-state index in [4.69, 9.17) is 14.7 Å². The molecule has 0 spiro atoms. The average molecular weight is 399 g/mol. The largest absolute Gasteiger partial charge is 0.457 e. The third-order valence-corrected chi connectivity index (χ3v) is 5.70. The molecule has 0 amide bonds. The van der Waals surface area contributed by atoms with Crippen LogP contribution in [-0.4, -0.2) is 32.8 Å². The molecule has 0 N–H and O–H groups in total. The Morgan fingerprint density at radius 2 is 1.67 bits per heavy atom. The number of hydrogen-bond acceptors (Lipinski definition) is 5. The predicted molar refractivity (Wildman–Crippen MR) is 119 cm³/mol. The Morgan fingerprint density at radius 1 is 0.900 bits per heavy atom. The van der Waals surface area contributed by atoms with Crippen LogP contribution in [0, 0.1) is 20.8 Å². The van der Waals surface area contributed by atoms with Gasteiger partial charge in [-0.25, -0.2) is 9.67 Å². The molecule has 1 aliphatic rings. The molecule has 6 nitrogen and oxygen atoms in total. The monoisotopic (exact) mass is 399 g/mol. The van der Waals surface area contributed by atoms with Gasteiger partial charge in [-0.1, -0.05) is 18.2 Å². The lowest BCUT2D eigenvalue weighted by Gasteiger charge is -2.20. The molecule has 0 bridgehead atoms. The Labute approximate surface area is 176 Å². The number of benzene rings is 2. The molecule has 0 aliphatic carbocycles. The molecule has 152 valence electrons. The van der Waals surface area contributed by atoms with Crippen molar-refractivity contribution in [1.82, 2.24) is 19.7 Å². The molecule has 1 saturated heterocycles. The zero-order valence-electron chi connectivity index (χ0n) is 17.6. The Balaban J connectivity index is 1.67. The van der Waals surface area contributed by atoms with Crippen LogP contribution in [0.3, 0.4) is 0 Å². The molecule has 4 aromatic rings. The number of fused-ring (bicyclic) bond motifs is 1. The van der Waals surface area contributed by atoms with Gasteiger partial charge < -0.3 is 9.64 Å². The Morgan fingerprint density at radius 3 is 2.37 bits per heavy atom. The van der Waals surface area contributed by atoms with Crippen molar-refractivity contribution < 1.29 is 4.74 Å². The molecule has 1 aliphatic heterocycles. The minimum Gasteiger partial charge on any atom is -0.457 e. The number of ether oxygens (including phenoxy) is 1. The molecule has 3 heterocycles. The predicted octanol–water partition coefficient (Wildman–Crippen LogP) is 5.13. The van der Waals surface area contributed by atoms with Crippen molar-refractivity contribution in [3.63, 3.8) is 0 Å². The van der Waals surface area contributed by atoms with Gasteiger partial charge in [0, 0.05) is 30.9 Å². The van der Waals surface area contributed by atoms with Crippen molar-refractivity contribution in [2.75, 3.05) is 18.0 Å². The fourth-order valence-corrected chi connectivity index (χ4v) is 4.07. The molecule has 0 saturated carbocycles. The second kappa shape index (κ2) is 7.44. The number of aryl methyl sites for hydroxylation is 3. The zero-order chi connectivity index (χ0) is 20.7. The summed E-state index contributed by atoms with van der Waals surface area (Å²) in [4.78, 5) is 12.0. The molecular weight excluding hydrogens is 374 g/mol. The summed E-state index contributed by atoms with van der Waals surface area (Å²) in [6.45, 7) is 8.23. The summed E-state index contributed by atoms with van der Waals surface area (Å²) in [6, 6.07) is 12.3. The van der Waals surface area contributed by atoms with Crippen molar-refractivity contribution in [3.8, 4) is 17.4 Å². The minimum absolute atomic E-state index is 0.595. The van der Waals surface area contributed by atoms with Crippen molar-refractivity contribution >= 4 is 16.7 Å². The quantitative estimate of drug-likeness (QED) is 0.476. The van der Waals surface area contributed by atoms with Crippen LogP contribution in [0.25, 0.3) is 16.9 Å². The lowest BCUT2D eigenvalue weighted by molar-refractivity contribution is 0.472. The van der Waals surface area contributed by atoms with Gasteiger partial charge in [0.1, 0.15) is 17.3 Å². The second-order valence-electron chi connectivity index (χ2n) is 7.95. The van der Waals surface area contributed by atoms with Gasteiger partial charge in [-0.05, 0) is 68.5 Å². The molecule has 30 heavy (non-hydrogen) atoms. The topological polar surface area (TPSA) is 56.1 Å². The minimum atomic E-state index is 0.595. The van der Waals surface area contributed by atoms with E-state index in [1.54, 1.807) is 10.9 Å². The lowest BCUT2D eigenvalue weighted by Crippen LogP contribution is -2.20. The highest BCUT2D eigenvalue weighted by Gasteiger charge is 2.20. The van der Waals surface area contributed by atoms with Crippen LogP contribution in [0.15, 0.2) is 48.8 Å². The highest BCUT2D eigenvalue weighted by molar-refractivity contribution is 5.92. The van der Waals surface area contributed by atoms with E-state index in [9.17, 15) is 0 Å². The molecule has 5 rings (SSSR count). The van der Waals surface area contributed by atoms with E-state index < -0.39 is 0 Å². The van der Waals surface area contributed by atoms with E-state index >= 15 is 0 Å². The van der Waals surface area contributed by atoms with E-state index in [-0.39, 0.29) is 0 Å². The summed E-state index contributed by atoms with van der Waals surface area (Å²) in [5.74, 6) is 3.30. The van der Waals surface area contributed by atoms with Gasteiger partial charge in [0.15, 0.2) is 0 Å². The summed E-state index contributed by atoms with van der Waals surface area (Å²) in [5.41, 5.74) is 4.20. The molecule has 2 aromatic heterocycles. The van der Waals surface area contributed by atoms with Crippen molar-refractivity contribution in [3.05, 3.63) is 65.5 Å². The summed E-state index contributed by atoms with van der Waals surface area (Å²) >= 11 is 0. The number of anilines is 1. The SMILES string of the molecule is Cc1cc2nc(-n3cccn3)nc(N3CCCC3)c2cc1Oc1c(C)cccc1C. The normalized spacial score (nSPS) is 13.9. The van der Waals surface area contributed by atoms with Crippen molar-refractivity contribution in [2.24, 2.45) is 0 Å². The van der Waals surface area contributed by atoms with Crippen molar-refractivity contribution in [2.45, 2.75) is 33.6 Å². The molecule has 6 heteroatoms. The van der Waals surface area contributed by atoms with E-state index in [0.717, 1.165) is 58.0 Å². The first-order valence-corrected chi connectivity index (χ1v) is 10.4. The molecule has 0 radical (unpaired) electrons. The Hall–Kier alpha value is -3.41. The van der Waals surface area contributed by atoms with E-state index in [1.807, 2.05) is 12.3 Å². The third-order valence-electron chi connectivity index (χ3n) is 5.70. The van der Waals surface area contributed by atoms with Gasteiger partial charge in [0.05, 0.1) is 5.52 Å². The van der Waals surface area contributed by atoms with Gasteiger partial charge in [-0.15, -0.1) is 0 Å². The maximum absolute atomic E-state index is 6.41. The smallest absolute Gasteiger partial charge is 0.253 e. The van der Waals surface area contributed by atoms with Crippen LogP contribution in [0.2, 0.25) is 0 Å². The average Bonchev–Trinajstić information content (AvgIpc) is 3.44. The number of para-hydroxylation sites is 1. The highest BCUT2D eigenvalue weighted by atomic mass is 16.5. The molecule has 0 atom stereocenters. The van der Waals surface area contributed by atoms with Gasteiger partial charge in [-0.2, -0.15) is 10.1 Å². The maximum Gasteiger partial charge on any atom is 0.253 e. The second-order valence-corrected chi connectivity index (χ2v) is 7.95. The number of hydrogen-bond donors (Lipinski definition) is 0. The Kier molecular flexibility index (Phi) is 4.62. The van der Waals surface area contributed by atoms with E-state index in [1.165, 1.54) is 12.8 Å². The fraction of sp³-hybridized carbons (Fsp3) is 0.292. The van der Waals surface area contributed by atoms with Crippen molar-refractivity contribution in [1.29, 1.82) is 0 Å². The van der Waals surface area contributed by atoms with Crippen LogP contribution in [0.5, 0.6) is 11.5 Å². The third kappa shape index (κ3) is 3.28. The van der Waals surface area contributed by atoms with Gasteiger partial charge in [0.25, 0.3) is 5.95 Å². The first-order valence-electron chi connectivity index (χ1n) is 10.4.